The number of carbonyl (C=O) groups is 1. The van der Waals surface area contributed by atoms with Gasteiger partial charge in [0, 0.05) is 25.1 Å². The Hall–Kier alpha value is -2.66. The highest BCUT2D eigenvalue weighted by Crippen LogP contribution is 2.25. The Morgan fingerprint density at radius 1 is 1.11 bits per heavy atom. The van der Waals surface area contributed by atoms with Gasteiger partial charge in [-0.2, -0.15) is 5.10 Å². The van der Waals surface area contributed by atoms with Crippen LogP contribution in [0.25, 0.3) is 10.9 Å². The van der Waals surface area contributed by atoms with Crippen LogP contribution in [-0.4, -0.2) is 28.9 Å². The van der Waals surface area contributed by atoms with Gasteiger partial charge in [0.25, 0.3) is 5.91 Å². The van der Waals surface area contributed by atoms with Gasteiger partial charge in [-0.25, -0.2) is 0 Å². The third-order valence-electron chi connectivity index (χ3n) is 5.57. The maximum absolute atomic E-state index is 13.1. The minimum atomic E-state index is -0.482. The molecule has 2 aromatic carbocycles. The molecule has 5 heteroatoms. The molecule has 28 heavy (non-hydrogen) atoms. The van der Waals surface area contributed by atoms with Gasteiger partial charge in [-0.05, 0) is 44.2 Å². The van der Waals surface area contributed by atoms with Crippen LogP contribution in [0.5, 0.6) is 0 Å². The molecule has 1 N–H and O–H groups in total. The number of para-hydroxylation sites is 1. The first-order valence-electron chi connectivity index (χ1n) is 9.96. The molecule has 1 fully saturated rings. The fraction of sp³-hybridized carbons (Fsp3) is 0.391. The van der Waals surface area contributed by atoms with Crippen molar-refractivity contribution in [2.75, 3.05) is 13.2 Å². The van der Waals surface area contributed by atoms with E-state index >= 15 is 0 Å². The summed E-state index contributed by atoms with van der Waals surface area (Å²) in [4.78, 5) is 13.1. The fourth-order valence-corrected chi connectivity index (χ4v) is 3.88. The molecule has 0 bridgehead atoms. The molecule has 0 atom stereocenters. The molecule has 5 nitrogen and oxygen atoms in total. The average molecular weight is 377 g/mol. The number of amides is 1. The summed E-state index contributed by atoms with van der Waals surface area (Å²) in [5.41, 5.74) is 2.09. The molecule has 2 heterocycles. The average Bonchev–Trinajstić information content (AvgIpc) is 3.08. The van der Waals surface area contributed by atoms with Gasteiger partial charge in [0.05, 0.1) is 11.1 Å². The number of fused-ring (bicyclic) bond motifs is 1. The minimum Gasteiger partial charge on any atom is -0.381 e. The quantitative estimate of drug-likeness (QED) is 0.727. The number of rotatable bonds is 5. The van der Waals surface area contributed by atoms with Crippen molar-refractivity contribution < 1.29 is 9.53 Å². The summed E-state index contributed by atoms with van der Waals surface area (Å²) in [7, 11) is 0. The van der Waals surface area contributed by atoms with Crippen molar-refractivity contribution in [3.8, 4) is 0 Å². The highest BCUT2D eigenvalue weighted by atomic mass is 16.5. The molecule has 146 valence electrons. The number of nitrogens with zero attached hydrogens (tertiary/aromatic N) is 2. The second-order valence-corrected chi connectivity index (χ2v) is 8.05. The number of carbonyl (C=O) groups excluding carboxylic acids is 1. The number of hydrogen-bond donors (Lipinski definition) is 1. The number of nitrogens with one attached hydrogen (secondary N) is 1. The maximum atomic E-state index is 13.1. The standard InChI is InChI=1S/C23H27N3O2/c1-23(2,18-8-4-3-5-9-18)24-22(27)21-19-10-6-7-11-20(19)26(25-21)16-17-12-14-28-15-13-17/h3-11,17H,12-16H2,1-2H3,(H,24,27). The topological polar surface area (TPSA) is 56.2 Å². The summed E-state index contributed by atoms with van der Waals surface area (Å²) in [6.07, 6.45) is 2.08. The van der Waals surface area contributed by atoms with Crippen LogP contribution in [0.15, 0.2) is 54.6 Å². The largest absolute Gasteiger partial charge is 0.381 e. The zero-order chi connectivity index (χ0) is 19.6. The molecular weight excluding hydrogens is 350 g/mol. The van der Waals surface area contributed by atoms with Crippen molar-refractivity contribution in [1.82, 2.24) is 15.1 Å². The normalized spacial score (nSPS) is 15.6. The fourth-order valence-electron chi connectivity index (χ4n) is 3.88. The zero-order valence-corrected chi connectivity index (χ0v) is 16.5. The number of ether oxygens (including phenoxy) is 1. The summed E-state index contributed by atoms with van der Waals surface area (Å²) in [6, 6.07) is 18.0. The third-order valence-corrected chi connectivity index (χ3v) is 5.57. The molecular formula is C23H27N3O2. The predicted octanol–water partition coefficient (Wildman–Crippen LogP) is 4.13. The highest BCUT2D eigenvalue weighted by Gasteiger charge is 2.26. The summed E-state index contributed by atoms with van der Waals surface area (Å²) in [6.45, 7) is 6.47. The Labute approximate surface area is 165 Å². The van der Waals surface area contributed by atoms with Gasteiger partial charge in [-0.15, -0.1) is 0 Å². The van der Waals surface area contributed by atoms with E-state index in [0.717, 1.165) is 49.1 Å². The van der Waals surface area contributed by atoms with Crippen LogP contribution in [-0.2, 0) is 16.8 Å². The van der Waals surface area contributed by atoms with E-state index in [-0.39, 0.29) is 5.91 Å². The Kier molecular flexibility index (Phi) is 5.18. The van der Waals surface area contributed by atoms with E-state index in [9.17, 15) is 4.79 Å². The van der Waals surface area contributed by atoms with E-state index in [4.69, 9.17) is 9.84 Å². The minimum absolute atomic E-state index is 0.143. The van der Waals surface area contributed by atoms with Gasteiger partial charge >= 0.3 is 0 Å². The van der Waals surface area contributed by atoms with Gasteiger partial charge in [0.1, 0.15) is 0 Å². The van der Waals surface area contributed by atoms with E-state index in [1.807, 2.05) is 73.1 Å². The highest BCUT2D eigenvalue weighted by molar-refractivity contribution is 6.05. The van der Waals surface area contributed by atoms with E-state index in [1.165, 1.54) is 0 Å². The molecule has 1 aliphatic heterocycles. The van der Waals surface area contributed by atoms with Crippen LogP contribution in [0.1, 0.15) is 42.7 Å². The smallest absolute Gasteiger partial charge is 0.273 e. The Morgan fingerprint density at radius 2 is 1.79 bits per heavy atom. The molecule has 0 radical (unpaired) electrons. The van der Waals surface area contributed by atoms with E-state index in [2.05, 4.69) is 5.32 Å². The SMILES string of the molecule is CC(C)(NC(=O)c1nn(CC2CCOCC2)c2ccccc12)c1ccccc1. The van der Waals surface area contributed by atoms with Crippen LogP contribution in [0.2, 0.25) is 0 Å². The van der Waals surface area contributed by atoms with Crippen LogP contribution in [0.4, 0.5) is 0 Å². The predicted molar refractivity (Wildman–Crippen MR) is 110 cm³/mol. The van der Waals surface area contributed by atoms with Crippen LogP contribution in [0, 0.1) is 5.92 Å². The first-order chi connectivity index (χ1) is 13.5. The molecule has 0 unspecified atom stereocenters. The molecule has 1 aliphatic rings. The molecule has 1 saturated heterocycles. The van der Waals surface area contributed by atoms with E-state index in [0.29, 0.717) is 11.6 Å². The van der Waals surface area contributed by atoms with Crippen molar-refractivity contribution in [3.05, 3.63) is 65.9 Å². The van der Waals surface area contributed by atoms with Gasteiger partial charge in [0.15, 0.2) is 5.69 Å². The van der Waals surface area contributed by atoms with Gasteiger partial charge < -0.3 is 10.1 Å². The van der Waals surface area contributed by atoms with Crippen molar-refractivity contribution in [3.63, 3.8) is 0 Å². The number of aromatic nitrogens is 2. The number of hydrogen-bond acceptors (Lipinski definition) is 3. The van der Waals surface area contributed by atoms with Crippen molar-refractivity contribution >= 4 is 16.8 Å². The second-order valence-electron chi connectivity index (χ2n) is 8.05. The lowest BCUT2D eigenvalue weighted by Gasteiger charge is -2.26. The van der Waals surface area contributed by atoms with Crippen molar-refractivity contribution in [1.29, 1.82) is 0 Å². The lowest BCUT2D eigenvalue weighted by Crippen LogP contribution is -2.41. The molecule has 4 rings (SSSR count). The molecule has 0 saturated carbocycles. The summed E-state index contributed by atoms with van der Waals surface area (Å²) in [5, 5.41) is 8.79. The maximum Gasteiger partial charge on any atom is 0.273 e. The van der Waals surface area contributed by atoms with Gasteiger partial charge in [-0.3, -0.25) is 9.48 Å². The first kappa shape index (κ1) is 18.7. The van der Waals surface area contributed by atoms with Crippen molar-refractivity contribution in [2.24, 2.45) is 5.92 Å². The zero-order valence-electron chi connectivity index (χ0n) is 16.5. The van der Waals surface area contributed by atoms with Gasteiger partial charge in [0.2, 0.25) is 0 Å². The van der Waals surface area contributed by atoms with E-state index in [1.54, 1.807) is 0 Å². The Balaban J connectivity index is 1.62. The van der Waals surface area contributed by atoms with Gasteiger partial charge in [-0.1, -0.05) is 48.5 Å². The first-order valence-corrected chi connectivity index (χ1v) is 9.96. The number of benzene rings is 2. The molecule has 0 spiro atoms. The van der Waals surface area contributed by atoms with Crippen LogP contribution in [0.3, 0.4) is 0 Å². The monoisotopic (exact) mass is 377 g/mol. The summed E-state index contributed by atoms with van der Waals surface area (Å²) in [5.74, 6) is 0.393. The second kappa shape index (κ2) is 7.76. The lowest BCUT2D eigenvalue weighted by atomic mass is 9.94. The third kappa shape index (κ3) is 3.80. The molecule has 1 aromatic heterocycles. The van der Waals surface area contributed by atoms with Crippen LogP contribution < -0.4 is 5.32 Å². The van der Waals surface area contributed by atoms with Crippen LogP contribution >= 0.6 is 0 Å². The molecule has 0 aliphatic carbocycles. The molecule has 3 aromatic rings. The van der Waals surface area contributed by atoms with Crippen molar-refractivity contribution in [2.45, 2.75) is 38.8 Å². The summed E-state index contributed by atoms with van der Waals surface area (Å²) < 4.78 is 7.47. The van der Waals surface area contributed by atoms with E-state index < -0.39 is 5.54 Å². The Bertz CT molecular complexity index is 956. The lowest BCUT2D eigenvalue weighted by molar-refractivity contribution is 0.0604. The Morgan fingerprint density at radius 3 is 2.54 bits per heavy atom. The molecule has 1 amide bonds. The summed E-state index contributed by atoms with van der Waals surface area (Å²) >= 11 is 0.